The van der Waals surface area contributed by atoms with Crippen molar-refractivity contribution in [3.8, 4) is 5.75 Å². The van der Waals surface area contributed by atoms with Crippen LogP contribution in [0.25, 0.3) is 6.08 Å². The van der Waals surface area contributed by atoms with Gasteiger partial charge in [-0.25, -0.2) is 0 Å². The molecule has 1 aliphatic rings. The van der Waals surface area contributed by atoms with Gasteiger partial charge >= 0.3 is 0 Å². The fraction of sp³-hybridized carbons (Fsp3) is 0.167. The molecule has 0 fully saturated rings. The van der Waals surface area contributed by atoms with Crippen molar-refractivity contribution in [3.05, 3.63) is 64.6 Å². The molecular weight excluding hydrogens is 280 g/mol. The molecule has 2 aromatic carbocycles. The number of carbonyl (C=O) groups excluding carboxylic acids is 1. The second kappa shape index (κ2) is 5.78. The fourth-order valence-corrected chi connectivity index (χ4v) is 3.25. The zero-order valence-corrected chi connectivity index (χ0v) is 12.8. The number of ether oxygens (including phenoxy) is 1. The normalized spacial score (nSPS) is 15.6. The van der Waals surface area contributed by atoms with Gasteiger partial charge in [0.15, 0.2) is 0 Å². The number of hydrogen-bond acceptors (Lipinski definition) is 3. The number of thioether (sulfide) groups is 1. The highest BCUT2D eigenvalue weighted by molar-refractivity contribution is 8.04. The lowest BCUT2D eigenvalue weighted by molar-refractivity contribution is 0.104. The Morgan fingerprint density at radius 2 is 1.76 bits per heavy atom. The number of hydrogen-bond donors (Lipinski definition) is 0. The topological polar surface area (TPSA) is 26.3 Å². The van der Waals surface area contributed by atoms with Gasteiger partial charge in [-0.2, -0.15) is 0 Å². The molecule has 3 rings (SSSR count). The van der Waals surface area contributed by atoms with E-state index in [1.54, 1.807) is 0 Å². The minimum absolute atomic E-state index is 0.109. The highest BCUT2D eigenvalue weighted by atomic mass is 32.2. The number of ketones is 1. The van der Waals surface area contributed by atoms with Crippen LogP contribution >= 0.6 is 11.8 Å². The molecule has 1 heterocycles. The molecule has 21 heavy (non-hydrogen) atoms. The van der Waals surface area contributed by atoms with Crippen LogP contribution in [-0.4, -0.2) is 11.9 Å². The standard InChI is InChI=1S/C18H16O2S/c1-12(2)20-14-9-7-13(8-10-14)11-17-18(19)15-5-3-4-6-16(15)21-17/h3-12H,1-2H3. The van der Waals surface area contributed by atoms with Crippen LogP contribution in [0.3, 0.4) is 0 Å². The predicted molar refractivity (Wildman–Crippen MR) is 86.8 cm³/mol. The van der Waals surface area contributed by atoms with Gasteiger partial charge < -0.3 is 4.74 Å². The summed E-state index contributed by atoms with van der Waals surface area (Å²) in [5.41, 5.74) is 1.81. The first-order chi connectivity index (χ1) is 10.1. The third kappa shape index (κ3) is 3.03. The highest BCUT2D eigenvalue weighted by Crippen LogP contribution is 2.40. The van der Waals surface area contributed by atoms with Crippen molar-refractivity contribution >= 4 is 23.6 Å². The molecule has 3 heteroatoms. The van der Waals surface area contributed by atoms with E-state index < -0.39 is 0 Å². The number of allylic oxidation sites excluding steroid dienone is 1. The molecule has 0 bridgehead atoms. The smallest absolute Gasteiger partial charge is 0.200 e. The maximum Gasteiger partial charge on any atom is 0.200 e. The summed E-state index contributed by atoms with van der Waals surface area (Å²) in [5, 5.41) is 0. The monoisotopic (exact) mass is 296 g/mol. The quantitative estimate of drug-likeness (QED) is 0.761. The van der Waals surface area contributed by atoms with Crippen LogP contribution in [0.15, 0.2) is 58.3 Å². The first-order valence-corrected chi connectivity index (χ1v) is 7.75. The first kappa shape index (κ1) is 14.0. The van der Waals surface area contributed by atoms with E-state index in [1.165, 1.54) is 11.8 Å². The Bertz CT molecular complexity index is 699. The van der Waals surface area contributed by atoms with Gasteiger partial charge in [0.05, 0.1) is 11.0 Å². The van der Waals surface area contributed by atoms with E-state index in [9.17, 15) is 4.79 Å². The van der Waals surface area contributed by atoms with E-state index >= 15 is 0 Å². The molecule has 0 aliphatic carbocycles. The van der Waals surface area contributed by atoms with Crippen molar-refractivity contribution in [2.45, 2.75) is 24.8 Å². The van der Waals surface area contributed by atoms with Crippen LogP contribution in [0.5, 0.6) is 5.75 Å². The zero-order chi connectivity index (χ0) is 14.8. The molecule has 0 spiro atoms. The molecule has 1 aliphatic heterocycles. The summed E-state index contributed by atoms with van der Waals surface area (Å²) in [4.78, 5) is 14.1. The van der Waals surface area contributed by atoms with Gasteiger partial charge in [-0.05, 0) is 49.8 Å². The lowest BCUT2D eigenvalue weighted by Crippen LogP contribution is -2.05. The van der Waals surface area contributed by atoms with Gasteiger partial charge in [0.2, 0.25) is 5.78 Å². The first-order valence-electron chi connectivity index (χ1n) is 6.93. The largest absolute Gasteiger partial charge is 0.491 e. The number of carbonyl (C=O) groups is 1. The van der Waals surface area contributed by atoms with E-state index in [2.05, 4.69) is 0 Å². The molecule has 0 atom stereocenters. The molecule has 0 radical (unpaired) electrons. The average molecular weight is 296 g/mol. The Kier molecular flexibility index (Phi) is 3.84. The summed E-state index contributed by atoms with van der Waals surface area (Å²) in [6.45, 7) is 4.00. The molecule has 0 saturated heterocycles. The number of Topliss-reactive ketones (excluding diaryl/α,β-unsaturated/α-hetero) is 1. The maximum absolute atomic E-state index is 12.3. The van der Waals surface area contributed by atoms with Crippen molar-refractivity contribution < 1.29 is 9.53 Å². The molecule has 0 amide bonds. The minimum atomic E-state index is 0.109. The summed E-state index contributed by atoms with van der Waals surface area (Å²) in [6.07, 6.45) is 2.10. The summed E-state index contributed by atoms with van der Waals surface area (Å²) < 4.78 is 5.62. The average Bonchev–Trinajstić information content (AvgIpc) is 2.78. The highest BCUT2D eigenvalue weighted by Gasteiger charge is 2.24. The van der Waals surface area contributed by atoms with Crippen molar-refractivity contribution in [3.63, 3.8) is 0 Å². The van der Waals surface area contributed by atoms with Crippen LogP contribution in [-0.2, 0) is 0 Å². The van der Waals surface area contributed by atoms with Crippen LogP contribution in [0, 0.1) is 0 Å². The summed E-state index contributed by atoms with van der Waals surface area (Å²) >= 11 is 1.53. The SMILES string of the molecule is CC(C)Oc1ccc(C=C2Sc3ccccc3C2=O)cc1. The van der Waals surface area contributed by atoms with E-state index in [4.69, 9.17) is 4.74 Å². The zero-order valence-electron chi connectivity index (χ0n) is 12.0. The number of benzene rings is 2. The Balaban J connectivity index is 1.82. The number of fused-ring (bicyclic) bond motifs is 1. The summed E-state index contributed by atoms with van der Waals surface area (Å²) in [6, 6.07) is 15.5. The Hall–Kier alpha value is -2.00. The molecular formula is C18H16O2S. The molecule has 2 nitrogen and oxygen atoms in total. The molecule has 0 unspecified atom stereocenters. The lowest BCUT2D eigenvalue weighted by atomic mass is 10.1. The van der Waals surface area contributed by atoms with Crippen LogP contribution in [0.2, 0.25) is 0 Å². The molecule has 0 saturated carbocycles. The Labute approximate surface area is 128 Å². The second-order valence-corrected chi connectivity index (χ2v) is 6.26. The van der Waals surface area contributed by atoms with Crippen LogP contribution in [0.4, 0.5) is 0 Å². The third-order valence-electron chi connectivity index (χ3n) is 3.13. The summed E-state index contributed by atoms with van der Waals surface area (Å²) in [5.74, 6) is 0.957. The van der Waals surface area contributed by atoms with Gasteiger partial charge in [0.25, 0.3) is 0 Å². The molecule has 2 aromatic rings. The Morgan fingerprint density at radius 1 is 1.05 bits per heavy atom. The molecule has 0 aromatic heterocycles. The van der Waals surface area contributed by atoms with Crippen molar-refractivity contribution in [1.29, 1.82) is 0 Å². The second-order valence-electron chi connectivity index (χ2n) is 5.17. The molecule has 106 valence electrons. The van der Waals surface area contributed by atoms with Gasteiger partial charge in [0, 0.05) is 10.5 Å². The number of rotatable bonds is 3. The lowest BCUT2D eigenvalue weighted by Gasteiger charge is -2.09. The summed E-state index contributed by atoms with van der Waals surface area (Å²) in [7, 11) is 0. The van der Waals surface area contributed by atoms with Crippen molar-refractivity contribution in [2.24, 2.45) is 0 Å². The maximum atomic E-state index is 12.3. The third-order valence-corrected chi connectivity index (χ3v) is 4.22. The van der Waals surface area contributed by atoms with Gasteiger partial charge in [0.1, 0.15) is 5.75 Å². The van der Waals surface area contributed by atoms with Crippen LogP contribution < -0.4 is 4.74 Å². The van der Waals surface area contributed by atoms with E-state index in [-0.39, 0.29) is 11.9 Å². The van der Waals surface area contributed by atoms with Crippen molar-refractivity contribution in [1.82, 2.24) is 0 Å². The van der Waals surface area contributed by atoms with E-state index in [1.807, 2.05) is 68.5 Å². The Morgan fingerprint density at radius 3 is 2.43 bits per heavy atom. The van der Waals surface area contributed by atoms with Crippen molar-refractivity contribution in [2.75, 3.05) is 0 Å². The van der Waals surface area contributed by atoms with E-state index in [0.29, 0.717) is 0 Å². The predicted octanol–water partition coefficient (Wildman–Crippen LogP) is 4.80. The van der Waals surface area contributed by atoms with E-state index in [0.717, 1.165) is 26.7 Å². The van der Waals surface area contributed by atoms with Gasteiger partial charge in [-0.15, -0.1) is 0 Å². The molecule has 0 N–H and O–H groups in total. The minimum Gasteiger partial charge on any atom is -0.491 e. The van der Waals surface area contributed by atoms with Crippen LogP contribution in [0.1, 0.15) is 29.8 Å². The van der Waals surface area contributed by atoms with Gasteiger partial charge in [-0.1, -0.05) is 36.0 Å². The van der Waals surface area contributed by atoms with Gasteiger partial charge in [-0.3, -0.25) is 4.79 Å². The fourth-order valence-electron chi connectivity index (χ4n) is 2.20.